The lowest BCUT2D eigenvalue weighted by Crippen LogP contribution is -2.48. The molecule has 0 spiro atoms. The average molecular weight is 670 g/mol. The number of hydrogen-bond acceptors (Lipinski definition) is 8. The summed E-state index contributed by atoms with van der Waals surface area (Å²) in [4.78, 5) is 26.1. The summed E-state index contributed by atoms with van der Waals surface area (Å²) >= 11 is 0. The molecule has 2 fully saturated rings. The van der Waals surface area contributed by atoms with Crippen LogP contribution in [0.3, 0.4) is 0 Å². The van der Waals surface area contributed by atoms with Gasteiger partial charge in [0.1, 0.15) is 24.0 Å². The van der Waals surface area contributed by atoms with E-state index < -0.39 is 0 Å². The lowest BCUT2D eigenvalue weighted by molar-refractivity contribution is -0.106. The molecule has 0 unspecified atom stereocenters. The van der Waals surface area contributed by atoms with Crippen molar-refractivity contribution in [1.82, 2.24) is 14.8 Å². The van der Waals surface area contributed by atoms with Crippen molar-refractivity contribution in [2.45, 2.75) is 75.3 Å². The van der Waals surface area contributed by atoms with Gasteiger partial charge in [0.05, 0.1) is 5.56 Å². The van der Waals surface area contributed by atoms with Crippen LogP contribution in [0, 0.1) is 17.2 Å². The summed E-state index contributed by atoms with van der Waals surface area (Å²) < 4.78 is 0. The van der Waals surface area contributed by atoms with Gasteiger partial charge < -0.3 is 29.3 Å². The normalized spacial score (nSPS) is 15.6. The van der Waals surface area contributed by atoms with Crippen LogP contribution in [-0.2, 0) is 17.8 Å². The van der Waals surface area contributed by atoms with Crippen molar-refractivity contribution in [2.75, 3.05) is 80.7 Å². The zero-order valence-corrected chi connectivity index (χ0v) is 32.2. The van der Waals surface area contributed by atoms with Crippen LogP contribution in [0.1, 0.15) is 79.0 Å². The van der Waals surface area contributed by atoms with E-state index in [9.17, 15) is 5.26 Å². The smallest absolute Gasteiger partial charge is 0.149 e. The van der Waals surface area contributed by atoms with Crippen molar-refractivity contribution in [3.05, 3.63) is 71.4 Å². The second kappa shape index (κ2) is 21.1. The molecule has 3 aliphatic heterocycles. The van der Waals surface area contributed by atoms with Crippen molar-refractivity contribution in [3.8, 4) is 6.07 Å². The quantitative estimate of drug-likeness (QED) is 0.259. The first-order chi connectivity index (χ1) is 23.7. The van der Waals surface area contributed by atoms with Crippen LogP contribution in [0.4, 0.5) is 17.3 Å². The van der Waals surface area contributed by atoms with E-state index in [1.807, 2.05) is 27.7 Å². The van der Waals surface area contributed by atoms with E-state index >= 15 is 0 Å². The Bertz CT molecular complexity index is 1490. The summed E-state index contributed by atoms with van der Waals surface area (Å²) in [7, 11) is 2.16. The van der Waals surface area contributed by atoms with Gasteiger partial charge >= 0.3 is 0 Å². The SMILES string of the molecule is C=C(C)N1CCN(c2nc(N3CCN(C)CC3)c(C#N)c3c2CCN(c2cccc4ccccc24)C3)CC1.CC.CC.CC(C)C.CC=O. The van der Waals surface area contributed by atoms with Crippen LogP contribution in [0.5, 0.6) is 0 Å². The Morgan fingerprint density at radius 3 is 1.92 bits per heavy atom. The number of pyridine rings is 1. The van der Waals surface area contributed by atoms with Gasteiger partial charge in [-0.15, -0.1) is 0 Å². The number of allylic oxidation sites excluding steroid dienone is 1. The number of nitrogens with zero attached hydrogens (tertiary/aromatic N) is 7. The lowest BCUT2D eigenvalue weighted by atomic mass is 9.94. The zero-order valence-electron chi connectivity index (χ0n) is 32.2. The molecule has 2 saturated heterocycles. The Balaban J connectivity index is 0.000000677. The number of fused-ring (bicyclic) bond motifs is 2. The molecule has 3 aromatic rings. The monoisotopic (exact) mass is 670 g/mol. The highest BCUT2D eigenvalue weighted by Crippen LogP contribution is 2.38. The molecule has 268 valence electrons. The standard InChI is InChI=1S/C31H37N7.C4H10.C2H4O.2C2H6/c1-23(2)35-17-19-37(20-18-35)30-26-11-12-38(29-10-6-8-24-7-4-5-9-25(24)29)22-28(26)27(21-32)31(33-30)36-15-13-34(3)14-16-36;1-4(2)3;1-2-3;2*1-2/h4-10H,1,11-20,22H2,2-3H3;4H,1-3H3;2H,1H3;2*1-2H3. The maximum absolute atomic E-state index is 10.5. The van der Waals surface area contributed by atoms with Gasteiger partial charge in [-0.1, -0.05) is 91.4 Å². The molecular weight excluding hydrogens is 606 g/mol. The molecule has 0 saturated carbocycles. The number of rotatable bonds is 4. The predicted molar refractivity (Wildman–Crippen MR) is 211 cm³/mol. The maximum atomic E-state index is 10.5. The molecule has 8 nitrogen and oxygen atoms in total. The molecule has 4 heterocycles. The number of aldehydes is 1. The van der Waals surface area contributed by atoms with Gasteiger partial charge in [-0.25, -0.2) is 4.98 Å². The van der Waals surface area contributed by atoms with Crippen LogP contribution >= 0.6 is 0 Å². The van der Waals surface area contributed by atoms with Gasteiger partial charge in [0.2, 0.25) is 0 Å². The minimum absolute atomic E-state index is 0.730. The molecule has 1 aromatic heterocycles. The first-order valence-electron chi connectivity index (χ1n) is 18.4. The van der Waals surface area contributed by atoms with Crippen LogP contribution in [0.2, 0.25) is 0 Å². The fourth-order valence-corrected chi connectivity index (χ4v) is 6.21. The molecule has 8 heteroatoms. The van der Waals surface area contributed by atoms with Crippen molar-refractivity contribution in [3.63, 3.8) is 0 Å². The first kappa shape index (κ1) is 41.1. The molecule has 0 amide bonds. The Morgan fingerprint density at radius 2 is 1.35 bits per heavy atom. The highest BCUT2D eigenvalue weighted by atomic mass is 16.1. The number of aromatic nitrogens is 1. The fraction of sp³-hybridized carbons (Fsp3) is 0.537. The average Bonchev–Trinajstić information content (AvgIpc) is 3.12. The lowest BCUT2D eigenvalue weighted by Gasteiger charge is -2.41. The molecule has 49 heavy (non-hydrogen) atoms. The van der Waals surface area contributed by atoms with Crippen LogP contribution < -0.4 is 14.7 Å². The van der Waals surface area contributed by atoms with Crippen molar-refractivity contribution >= 4 is 34.4 Å². The van der Waals surface area contributed by atoms with Crippen LogP contribution in [0.15, 0.2) is 54.7 Å². The Hall–Kier alpha value is -4.09. The summed E-state index contributed by atoms with van der Waals surface area (Å²) in [5.41, 5.74) is 5.56. The van der Waals surface area contributed by atoms with Gasteiger partial charge in [-0.05, 0) is 50.2 Å². The molecular formula is C41H63N7O. The topological polar surface area (TPSA) is 70.0 Å². The van der Waals surface area contributed by atoms with Gasteiger partial charge in [-0.3, -0.25) is 0 Å². The number of benzene rings is 2. The second-order valence-electron chi connectivity index (χ2n) is 12.8. The van der Waals surface area contributed by atoms with E-state index in [0.717, 1.165) is 113 Å². The Labute approximate surface area is 298 Å². The molecule has 0 aliphatic carbocycles. The summed E-state index contributed by atoms with van der Waals surface area (Å²) in [6.07, 6.45) is 1.64. The van der Waals surface area contributed by atoms with E-state index in [-0.39, 0.29) is 0 Å². The van der Waals surface area contributed by atoms with Crippen molar-refractivity contribution in [2.24, 2.45) is 5.92 Å². The summed E-state index contributed by atoms with van der Waals surface area (Å²) in [5, 5.41) is 13.0. The number of carbonyl (C=O) groups is 1. The zero-order chi connectivity index (χ0) is 36.5. The van der Waals surface area contributed by atoms with E-state index in [1.54, 1.807) is 0 Å². The van der Waals surface area contributed by atoms with E-state index in [4.69, 9.17) is 9.78 Å². The second-order valence-corrected chi connectivity index (χ2v) is 12.8. The number of hydrogen-bond donors (Lipinski definition) is 0. The molecule has 6 rings (SSSR count). The first-order valence-corrected chi connectivity index (χ1v) is 18.4. The van der Waals surface area contributed by atoms with Crippen LogP contribution in [0.25, 0.3) is 10.8 Å². The number of nitriles is 1. The Kier molecular flexibility index (Phi) is 17.7. The fourth-order valence-electron chi connectivity index (χ4n) is 6.21. The van der Waals surface area contributed by atoms with Gasteiger partial charge in [0, 0.05) is 87.8 Å². The third-order valence-electron chi connectivity index (χ3n) is 8.49. The van der Waals surface area contributed by atoms with E-state index in [1.165, 1.54) is 28.9 Å². The minimum atomic E-state index is 0.730. The molecule has 3 aliphatic rings. The molecule has 2 aromatic carbocycles. The maximum Gasteiger partial charge on any atom is 0.149 e. The highest BCUT2D eigenvalue weighted by Gasteiger charge is 2.32. The summed E-state index contributed by atoms with van der Waals surface area (Å²) in [5.74, 6) is 2.79. The van der Waals surface area contributed by atoms with Crippen LogP contribution in [-0.4, -0.2) is 87.0 Å². The number of likely N-dealkylation sites (N-methyl/N-ethyl adjacent to an activating group) is 1. The number of carbonyl (C=O) groups excluding carboxylic acids is 1. The third kappa shape index (κ3) is 11.0. The highest BCUT2D eigenvalue weighted by molar-refractivity contribution is 5.94. The minimum Gasteiger partial charge on any atom is -0.372 e. The summed E-state index contributed by atoms with van der Waals surface area (Å²) in [6.45, 7) is 31.3. The van der Waals surface area contributed by atoms with E-state index in [0.29, 0.717) is 0 Å². The van der Waals surface area contributed by atoms with E-state index in [2.05, 4.69) is 114 Å². The summed E-state index contributed by atoms with van der Waals surface area (Å²) in [6, 6.07) is 17.7. The largest absolute Gasteiger partial charge is 0.372 e. The van der Waals surface area contributed by atoms with Gasteiger partial charge in [0.25, 0.3) is 0 Å². The molecule has 0 radical (unpaired) electrons. The number of anilines is 3. The Morgan fingerprint density at radius 1 is 0.816 bits per heavy atom. The molecule has 0 bridgehead atoms. The van der Waals surface area contributed by atoms with Gasteiger partial charge in [0.15, 0.2) is 0 Å². The van der Waals surface area contributed by atoms with Crippen molar-refractivity contribution < 1.29 is 4.79 Å². The molecule has 0 N–H and O–H groups in total. The predicted octanol–water partition coefficient (Wildman–Crippen LogP) is 8.00. The van der Waals surface area contributed by atoms with Crippen molar-refractivity contribution in [1.29, 1.82) is 5.26 Å². The number of piperazine rings is 2. The molecule has 0 atom stereocenters. The van der Waals surface area contributed by atoms with Gasteiger partial charge in [-0.2, -0.15) is 5.26 Å². The third-order valence-corrected chi connectivity index (χ3v) is 8.49.